The zero-order valence-corrected chi connectivity index (χ0v) is 9.01. The average molecular weight is 230 g/mol. The van der Waals surface area contributed by atoms with E-state index in [1.165, 1.54) is 18.2 Å². The van der Waals surface area contributed by atoms with Gasteiger partial charge in [0.1, 0.15) is 0 Å². The molecule has 1 aromatic rings. The van der Waals surface area contributed by atoms with Crippen LogP contribution >= 0.6 is 0 Å². The van der Waals surface area contributed by atoms with E-state index in [9.17, 15) is 19.8 Å². The summed E-state index contributed by atoms with van der Waals surface area (Å²) in [5.41, 5.74) is -0.440. The maximum Gasteiger partial charge on any atom is 0.0724 e. The number of rotatable bonds is 5. The van der Waals surface area contributed by atoms with Crippen LogP contribution < -0.4 is 10.2 Å². The maximum absolute atomic E-state index is 11.0. The van der Waals surface area contributed by atoms with Gasteiger partial charge in [0.25, 0.3) is 0 Å². The van der Waals surface area contributed by atoms with Crippen LogP contribution in [-0.2, 0) is 9.59 Å². The lowest BCUT2D eigenvalue weighted by Crippen LogP contribution is -2.31. The second-order valence-electron chi connectivity index (χ2n) is 3.29. The van der Waals surface area contributed by atoms with E-state index >= 15 is 0 Å². The van der Waals surface area contributed by atoms with Crippen molar-refractivity contribution in [3.63, 3.8) is 0 Å². The van der Waals surface area contributed by atoms with Gasteiger partial charge in [-0.3, -0.25) is 0 Å². The molecule has 0 amide bonds. The zero-order valence-electron chi connectivity index (χ0n) is 9.01. The van der Waals surface area contributed by atoms with Crippen LogP contribution in [0.15, 0.2) is 48.6 Å². The van der Waals surface area contributed by atoms with Gasteiger partial charge in [-0.1, -0.05) is 36.4 Å². The topological polar surface area (TPSA) is 80.3 Å². The Morgan fingerprint density at radius 3 is 2.12 bits per heavy atom. The highest BCUT2D eigenvalue weighted by Crippen LogP contribution is 2.20. The number of benzene rings is 1. The molecule has 0 aromatic heterocycles. The normalized spacial score (nSPS) is 11.5. The van der Waals surface area contributed by atoms with E-state index in [-0.39, 0.29) is 23.1 Å². The van der Waals surface area contributed by atoms with Crippen LogP contribution in [0, 0.1) is 0 Å². The smallest absolute Gasteiger partial charge is 0.0724 e. The Balaban J connectivity index is 3.42. The number of carbonyl (C=O) groups excluding carboxylic acids is 2. The number of allylic oxidation sites excluding steroid dienone is 1. The molecule has 0 aliphatic rings. The Morgan fingerprint density at radius 1 is 1.12 bits per heavy atom. The van der Waals surface area contributed by atoms with Crippen molar-refractivity contribution in [1.29, 1.82) is 0 Å². The van der Waals surface area contributed by atoms with E-state index in [1.54, 1.807) is 18.2 Å². The second-order valence-corrected chi connectivity index (χ2v) is 3.29. The predicted molar refractivity (Wildman–Crippen MR) is 58.2 cm³/mol. The molecule has 0 fully saturated rings. The Kier molecular flexibility index (Phi) is 4.22. The van der Waals surface area contributed by atoms with Crippen LogP contribution in [0.5, 0.6) is 0 Å². The van der Waals surface area contributed by atoms with Crippen LogP contribution in [0.25, 0.3) is 5.57 Å². The molecule has 0 aliphatic heterocycles. The van der Waals surface area contributed by atoms with Crippen molar-refractivity contribution in [1.82, 2.24) is 0 Å². The van der Waals surface area contributed by atoms with Gasteiger partial charge in [-0.2, -0.15) is 0 Å². The van der Waals surface area contributed by atoms with Crippen molar-refractivity contribution in [2.45, 2.75) is 6.42 Å². The quantitative estimate of drug-likeness (QED) is 0.505. The van der Waals surface area contributed by atoms with Crippen molar-refractivity contribution >= 4 is 17.5 Å². The van der Waals surface area contributed by atoms with Crippen LogP contribution in [0.2, 0.25) is 0 Å². The summed E-state index contributed by atoms with van der Waals surface area (Å²) >= 11 is 0. The molecule has 1 rings (SSSR count). The molecule has 4 nitrogen and oxygen atoms in total. The lowest BCUT2D eigenvalue weighted by molar-refractivity contribution is -0.301. The highest BCUT2D eigenvalue weighted by molar-refractivity contribution is 6.20. The number of carboxylic acids is 2. The molecule has 0 heterocycles. The molecular weight excluding hydrogens is 220 g/mol. The third-order valence-electron chi connectivity index (χ3n) is 2.16. The van der Waals surface area contributed by atoms with Crippen molar-refractivity contribution < 1.29 is 19.8 Å². The fraction of sp³-hybridized carbons (Fsp3) is 0.0769. The Morgan fingerprint density at radius 2 is 1.71 bits per heavy atom. The fourth-order valence-electron chi connectivity index (χ4n) is 1.45. The van der Waals surface area contributed by atoms with Gasteiger partial charge in [0, 0.05) is 5.57 Å². The number of aliphatic carboxylic acids is 2. The lowest BCUT2D eigenvalue weighted by atomic mass is 9.98. The van der Waals surface area contributed by atoms with Crippen molar-refractivity contribution in [2.24, 2.45) is 0 Å². The third-order valence-corrected chi connectivity index (χ3v) is 2.16. The fourth-order valence-corrected chi connectivity index (χ4v) is 1.45. The Labute approximate surface area is 98.5 Å². The van der Waals surface area contributed by atoms with Gasteiger partial charge in [0.05, 0.1) is 11.9 Å². The summed E-state index contributed by atoms with van der Waals surface area (Å²) in [4.78, 5) is 21.9. The van der Waals surface area contributed by atoms with Crippen molar-refractivity contribution in [3.8, 4) is 0 Å². The molecule has 0 saturated heterocycles. The van der Waals surface area contributed by atoms with Gasteiger partial charge < -0.3 is 19.8 Å². The van der Waals surface area contributed by atoms with Crippen LogP contribution in [0.1, 0.15) is 12.0 Å². The average Bonchev–Trinajstić information content (AvgIpc) is 2.29. The molecule has 0 aliphatic carbocycles. The molecule has 0 N–H and O–H groups in total. The number of carbonyl (C=O) groups is 2. The summed E-state index contributed by atoms with van der Waals surface area (Å²) in [6.45, 7) is 3.38. The van der Waals surface area contributed by atoms with Gasteiger partial charge in [0.2, 0.25) is 0 Å². The molecule has 17 heavy (non-hydrogen) atoms. The minimum atomic E-state index is -1.54. The first kappa shape index (κ1) is 12.7. The monoisotopic (exact) mass is 230 g/mol. The summed E-state index contributed by atoms with van der Waals surface area (Å²) in [6, 6.07) is 7.91. The zero-order chi connectivity index (χ0) is 12.8. The molecule has 0 spiro atoms. The van der Waals surface area contributed by atoms with E-state index in [4.69, 9.17) is 0 Å². The van der Waals surface area contributed by atoms with Gasteiger partial charge in [-0.25, -0.2) is 0 Å². The SMILES string of the molecule is C=CC/C(C(=O)[O-])=C(\C(=O)[O-])c1ccccc1. The molecule has 0 unspecified atom stereocenters. The van der Waals surface area contributed by atoms with Crippen LogP contribution in [-0.4, -0.2) is 11.9 Å². The Bertz CT molecular complexity index is 471. The summed E-state index contributed by atoms with van der Waals surface area (Å²) in [7, 11) is 0. The molecule has 1 aromatic carbocycles. The largest absolute Gasteiger partial charge is 0.545 e. The van der Waals surface area contributed by atoms with Gasteiger partial charge in [-0.05, 0) is 17.6 Å². The van der Waals surface area contributed by atoms with Gasteiger partial charge in [0.15, 0.2) is 0 Å². The number of hydrogen-bond donors (Lipinski definition) is 0. The molecule has 0 radical (unpaired) electrons. The molecule has 4 heteroatoms. The van der Waals surface area contributed by atoms with E-state index in [1.807, 2.05) is 0 Å². The van der Waals surface area contributed by atoms with Gasteiger partial charge in [-0.15, -0.1) is 6.58 Å². The molecule has 88 valence electrons. The molecular formula is C13H10O4-2. The summed E-state index contributed by atoms with van der Waals surface area (Å²) < 4.78 is 0. The van der Waals surface area contributed by atoms with Crippen molar-refractivity contribution in [3.05, 3.63) is 54.1 Å². The predicted octanol–water partition coefficient (Wildman–Crippen LogP) is -0.484. The highest BCUT2D eigenvalue weighted by Gasteiger charge is 2.10. The molecule has 0 atom stereocenters. The first-order valence-corrected chi connectivity index (χ1v) is 4.90. The van der Waals surface area contributed by atoms with E-state index < -0.39 is 11.9 Å². The van der Waals surface area contributed by atoms with Gasteiger partial charge >= 0.3 is 0 Å². The van der Waals surface area contributed by atoms with E-state index in [2.05, 4.69) is 6.58 Å². The van der Waals surface area contributed by atoms with Crippen molar-refractivity contribution in [2.75, 3.05) is 0 Å². The summed E-state index contributed by atoms with van der Waals surface area (Å²) in [5.74, 6) is -3.08. The standard InChI is InChI=1S/C13H12O4/c1-2-6-10(12(14)15)11(13(16)17)9-7-4-3-5-8-9/h2-5,7-8H,1,6H2,(H,14,15)(H,16,17)/p-2/b11-10+. The first-order valence-electron chi connectivity index (χ1n) is 4.90. The third kappa shape index (κ3) is 3.04. The minimum absolute atomic E-state index is 0.0967. The highest BCUT2D eigenvalue weighted by atomic mass is 16.4. The van der Waals surface area contributed by atoms with Crippen LogP contribution in [0.3, 0.4) is 0 Å². The Hall–Kier alpha value is -2.36. The van der Waals surface area contributed by atoms with Crippen LogP contribution in [0.4, 0.5) is 0 Å². The number of carboxylic acid groups (broad SMARTS) is 2. The van der Waals surface area contributed by atoms with E-state index in [0.29, 0.717) is 0 Å². The van der Waals surface area contributed by atoms with E-state index in [0.717, 1.165) is 0 Å². The summed E-state index contributed by atoms with van der Waals surface area (Å²) in [5, 5.41) is 21.9. The maximum atomic E-state index is 11.0. The summed E-state index contributed by atoms with van der Waals surface area (Å²) in [6.07, 6.45) is 1.21. The molecule has 0 bridgehead atoms. The first-order chi connectivity index (χ1) is 8.07. The lowest BCUT2D eigenvalue weighted by Gasteiger charge is -2.16. The number of hydrogen-bond acceptors (Lipinski definition) is 4. The minimum Gasteiger partial charge on any atom is -0.545 e. The second kappa shape index (κ2) is 5.65. The molecule has 0 saturated carbocycles.